The Morgan fingerprint density at radius 3 is 2.68 bits per heavy atom. The van der Waals surface area contributed by atoms with E-state index in [0.717, 1.165) is 24.3 Å². The molecule has 0 radical (unpaired) electrons. The van der Waals surface area contributed by atoms with Crippen molar-refractivity contribution in [1.82, 2.24) is 30.5 Å². The van der Waals surface area contributed by atoms with E-state index < -0.39 is 0 Å². The predicted molar refractivity (Wildman–Crippen MR) is 103 cm³/mol. The average molecular weight is 379 g/mol. The number of anilines is 1. The lowest BCUT2D eigenvalue weighted by atomic mass is 10.1. The lowest BCUT2D eigenvalue weighted by molar-refractivity contribution is 0.0950. The number of aromatic amines is 1. The SMILES string of the molecule is Cc1cnc(CNC(=O)c2ccc(-c3nc(N4CCOCC4)n[nH]3)cc2)cn1. The number of H-pyrrole nitrogens is 1. The third-order valence-electron chi connectivity index (χ3n) is 4.45. The number of hydrogen-bond donors (Lipinski definition) is 2. The molecule has 1 fully saturated rings. The molecule has 1 saturated heterocycles. The lowest BCUT2D eigenvalue weighted by Crippen LogP contribution is -2.36. The first-order valence-corrected chi connectivity index (χ1v) is 9.10. The van der Waals surface area contributed by atoms with Gasteiger partial charge in [0, 0.05) is 30.4 Å². The molecule has 0 aliphatic carbocycles. The number of hydrogen-bond acceptors (Lipinski definition) is 7. The Kier molecular flexibility index (Phi) is 5.24. The van der Waals surface area contributed by atoms with Gasteiger partial charge in [-0.25, -0.2) is 0 Å². The molecular formula is C19H21N7O2. The largest absolute Gasteiger partial charge is 0.378 e. The number of aryl methyl sites for hydroxylation is 1. The van der Waals surface area contributed by atoms with Gasteiger partial charge in [-0.1, -0.05) is 12.1 Å². The number of nitrogens with zero attached hydrogens (tertiary/aromatic N) is 5. The number of ether oxygens (including phenoxy) is 1. The average Bonchev–Trinajstić information content (AvgIpc) is 3.24. The van der Waals surface area contributed by atoms with E-state index in [1.54, 1.807) is 24.5 Å². The Morgan fingerprint density at radius 1 is 1.18 bits per heavy atom. The van der Waals surface area contributed by atoms with Gasteiger partial charge >= 0.3 is 0 Å². The number of carbonyl (C=O) groups excluding carboxylic acids is 1. The zero-order valence-electron chi connectivity index (χ0n) is 15.6. The van der Waals surface area contributed by atoms with Gasteiger partial charge < -0.3 is 15.0 Å². The summed E-state index contributed by atoms with van der Waals surface area (Å²) in [5.41, 5.74) is 2.99. The van der Waals surface area contributed by atoms with Crippen molar-refractivity contribution >= 4 is 11.9 Å². The van der Waals surface area contributed by atoms with Crippen molar-refractivity contribution in [3.05, 3.63) is 53.6 Å². The number of aromatic nitrogens is 5. The zero-order valence-corrected chi connectivity index (χ0v) is 15.6. The molecule has 3 aromatic rings. The molecular weight excluding hydrogens is 358 g/mol. The van der Waals surface area contributed by atoms with Crippen LogP contribution >= 0.6 is 0 Å². The van der Waals surface area contributed by atoms with Crippen LogP contribution in [0, 0.1) is 6.92 Å². The van der Waals surface area contributed by atoms with E-state index in [1.807, 2.05) is 19.1 Å². The van der Waals surface area contributed by atoms with Crippen LogP contribution in [0.3, 0.4) is 0 Å². The first-order chi connectivity index (χ1) is 13.7. The van der Waals surface area contributed by atoms with Gasteiger partial charge in [0.25, 0.3) is 5.91 Å². The van der Waals surface area contributed by atoms with Crippen LogP contribution in [0.1, 0.15) is 21.7 Å². The van der Waals surface area contributed by atoms with Gasteiger partial charge in [-0.15, -0.1) is 5.10 Å². The van der Waals surface area contributed by atoms with Gasteiger partial charge in [-0.05, 0) is 19.1 Å². The van der Waals surface area contributed by atoms with Crippen molar-refractivity contribution < 1.29 is 9.53 Å². The second-order valence-electron chi connectivity index (χ2n) is 6.49. The van der Waals surface area contributed by atoms with E-state index >= 15 is 0 Å². The summed E-state index contributed by atoms with van der Waals surface area (Å²) in [6.45, 7) is 5.13. The fourth-order valence-corrected chi connectivity index (χ4v) is 2.85. The molecule has 0 saturated carbocycles. The molecule has 1 aromatic carbocycles. The van der Waals surface area contributed by atoms with E-state index in [4.69, 9.17) is 4.74 Å². The fourth-order valence-electron chi connectivity index (χ4n) is 2.85. The molecule has 144 valence electrons. The molecule has 1 aliphatic heterocycles. The summed E-state index contributed by atoms with van der Waals surface area (Å²) in [6, 6.07) is 7.24. The van der Waals surface area contributed by atoms with Gasteiger partial charge in [-0.3, -0.25) is 19.9 Å². The molecule has 2 N–H and O–H groups in total. The van der Waals surface area contributed by atoms with Gasteiger partial charge in [-0.2, -0.15) is 4.98 Å². The summed E-state index contributed by atoms with van der Waals surface area (Å²) in [5, 5.41) is 10.1. The molecule has 1 aliphatic rings. The Morgan fingerprint density at radius 2 is 1.96 bits per heavy atom. The maximum atomic E-state index is 12.3. The van der Waals surface area contributed by atoms with Crippen molar-refractivity contribution in [3.63, 3.8) is 0 Å². The normalized spacial score (nSPS) is 14.1. The second kappa shape index (κ2) is 8.13. The van der Waals surface area contributed by atoms with Crippen molar-refractivity contribution in [2.45, 2.75) is 13.5 Å². The highest BCUT2D eigenvalue weighted by Crippen LogP contribution is 2.19. The van der Waals surface area contributed by atoms with Crippen molar-refractivity contribution in [3.8, 4) is 11.4 Å². The van der Waals surface area contributed by atoms with E-state index in [9.17, 15) is 4.79 Å². The first kappa shape index (κ1) is 18.1. The highest BCUT2D eigenvalue weighted by molar-refractivity contribution is 5.94. The summed E-state index contributed by atoms with van der Waals surface area (Å²) >= 11 is 0. The Hall–Kier alpha value is -3.33. The standard InChI is InChI=1S/C19H21N7O2/c1-13-10-21-16(11-20-13)12-22-18(27)15-4-2-14(3-5-15)17-23-19(25-24-17)26-6-8-28-9-7-26/h2-5,10-11H,6-9,12H2,1H3,(H,22,27)(H,23,24,25). The maximum Gasteiger partial charge on any atom is 0.251 e. The maximum absolute atomic E-state index is 12.3. The Balaban J connectivity index is 1.38. The monoisotopic (exact) mass is 379 g/mol. The van der Waals surface area contributed by atoms with Crippen molar-refractivity contribution in [2.75, 3.05) is 31.2 Å². The molecule has 0 unspecified atom stereocenters. The van der Waals surface area contributed by atoms with Gasteiger partial charge in [0.2, 0.25) is 5.95 Å². The number of benzene rings is 1. The minimum atomic E-state index is -0.166. The van der Waals surface area contributed by atoms with Crippen LogP contribution in [0.5, 0.6) is 0 Å². The number of morpholine rings is 1. The Labute approximate surface area is 162 Å². The van der Waals surface area contributed by atoms with Crippen LogP contribution < -0.4 is 10.2 Å². The molecule has 9 nitrogen and oxygen atoms in total. The minimum Gasteiger partial charge on any atom is -0.378 e. The summed E-state index contributed by atoms with van der Waals surface area (Å²) in [7, 11) is 0. The number of amides is 1. The summed E-state index contributed by atoms with van der Waals surface area (Å²) < 4.78 is 5.35. The van der Waals surface area contributed by atoms with E-state index in [2.05, 4.69) is 35.4 Å². The molecule has 4 rings (SSSR count). The van der Waals surface area contributed by atoms with Gasteiger partial charge in [0.15, 0.2) is 5.82 Å². The first-order valence-electron chi connectivity index (χ1n) is 9.10. The third-order valence-corrected chi connectivity index (χ3v) is 4.45. The van der Waals surface area contributed by atoms with Gasteiger partial charge in [0.1, 0.15) is 0 Å². The summed E-state index contributed by atoms with van der Waals surface area (Å²) in [6.07, 6.45) is 3.34. The van der Waals surface area contributed by atoms with Gasteiger partial charge in [0.05, 0.1) is 37.3 Å². The number of nitrogens with one attached hydrogen (secondary N) is 2. The molecule has 1 amide bonds. The van der Waals surface area contributed by atoms with Crippen molar-refractivity contribution in [2.24, 2.45) is 0 Å². The predicted octanol–water partition coefficient (Wildman–Crippen LogP) is 1.34. The molecule has 0 bridgehead atoms. The Bertz CT molecular complexity index is 932. The topological polar surface area (TPSA) is 109 Å². The van der Waals surface area contributed by atoms with Crippen LogP contribution in [0.25, 0.3) is 11.4 Å². The highest BCUT2D eigenvalue weighted by atomic mass is 16.5. The number of carbonyl (C=O) groups is 1. The van der Waals surface area contributed by atoms with Crippen LogP contribution in [0.4, 0.5) is 5.95 Å². The molecule has 28 heavy (non-hydrogen) atoms. The fraction of sp³-hybridized carbons (Fsp3) is 0.316. The zero-order chi connectivity index (χ0) is 19.3. The van der Waals surface area contributed by atoms with Crippen molar-refractivity contribution in [1.29, 1.82) is 0 Å². The van der Waals surface area contributed by atoms with E-state index in [1.165, 1.54) is 0 Å². The van der Waals surface area contributed by atoms with E-state index in [-0.39, 0.29) is 5.91 Å². The number of rotatable bonds is 5. The second-order valence-corrected chi connectivity index (χ2v) is 6.49. The van der Waals surface area contributed by atoms with Crippen LogP contribution in [0.15, 0.2) is 36.7 Å². The summed E-state index contributed by atoms with van der Waals surface area (Å²) in [4.78, 5) is 27.4. The lowest BCUT2D eigenvalue weighted by Gasteiger charge is -2.25. The highest BCUT2D eigenvalue weighted by Gasteiger charge is 2.16. The molecule has 9 heteroatoms. The quantitative estimate of drug-likeness (QED) is 0.688. The smallest absolute Gasteiger partial charge is 0.251 e. The third kappa shape index (κ3) is 4.15. The molecule has 3 heterocycles. The minimum absolute atomic E-state index is 0.166. The van der Waals surface area contributed by atoms with Crippen LogP contribution in [-0.4, -0.2) is 57.4 Å². The van der Waals surface area contributed by atoms with E-state index in [0.29, 0.717) is 42.8 Å². The molecule has 0 atom stereocenters. The summed E-state index contributed by atoms with van der Waals surface area (Å²) in [5.74, 6) is 1.17. The molecule has 2 aromatic heterocycles. The van der Waals surface area contributed by atoms with Crippen LogP contribution in [-0.2, 0) is 11.3 Å². The molecule has 0 spiro atoms. The van der Waals surface area contributed by atoms with Crippen LogP contribution in [0.2, 0.25) is 0 Å².